The molecule has 0 saturated carbocycles. The summed E-state index contributed by atoms with van der Waals surface area (Å²) in [6.07, 6.45) is 0. The van der Waals surface area contributed by atoms with E-state index in [0.29, 0.717) is 13.1 Å². The van der Waals surface area contributed by atoms with Gasteiger partial charge in [-0.15, -0.1) is 0 Å². The molecule has 2 aromatic carbocycles. The number of amides is 2. The molecule has 3 rings (SSSR count). The van der Waals surface area contributed by atoms with Gasteiger partial charge in [-0.05, 0) is 30.8 Å². The highest BCUT2D eigenvalue weighted by Crippen LogP contribution is 2.18. The maximum absolute atomic E-state index is 12.8. The van der Waals surface area contributed by atoms with E-state index >= 15 is 0 Å². The second kappa shape index (κ2) is 9.84. The molecule has 2 amide bonds. The molecule has 1 aliphatic rings. The minimum Gasteiger partial charge on any atom is -0.354 e. The first-order valence-corrected chi connectivity index (χ1v) is 11.2. The number of hydrogen-bond donors (Lipinski definition) is 2. The summed E-state index contributed by atoms with van der Waals surface area (Å²) < 4.78 is 26.7. The largest absolute Gasteiger partial charge is 0.354 e. The number of benzene rings is 2. The van der Waals surface area contributed by atoms with Gasteiger partial charge in [0, 0.05) is 38.3 Å². The van der Waals surface area contributed by atoms with Crippen LogP contribution in [0.3, 0.4) is 0 Å². The lowest BCUT2D eigenvalue weighted by molar-refractivity contribution is -0.122. The molecule has 1 fully saturated rings. The van der Waals surface area contributed by atoms with Crippen LogP contribution in [0.15, 0.2) is 59.5 Å². The molecule has 9 heteroatoms. The van der Waals surface area contributed by atoms with E-state index in [4.69, 9.17) is 0 Å². The summed E-state index contributed by atoms with van der Waals surface area (Å²) in [4.78, 5) is 26.1. The van der Waals surface area contributed by atoms with E-state index in [1.165, 1.54) is 23.8 Å². The van der Waals surface area contributed by atoms with Crippen LogP contribution >= 0.6 is 0 Å². The van der Waals surface area contributed by atoms with Crippen molar-refractivity contribution in [1.29, 1.82) is 0 Å². The van der Waals surface area contributed by atoms with Gasteiger partial charge in [-0.1, -0.05) is 36.4 Å². The normalized spacial score (nSPS) is 15.1. The Bertz CT molecular complexity index is 995. The zero-order valence-electron chi connectivity index (χ0n) is 16.9. The van der Waals surface area contributed by atoms with Crippen LogP contribution < -0.4 is 10.6 Å². The maximum Gasteiger partial charge on any atom is 0.251 e. The number of sulfonamides is 1. The third-order valence-corrected chi connectivity index (χ3v) is 6.65. The molecule has 160 valence electrons. The van der Waals surface area contributed by atoms with E-state index in [1.54, 1.807) is 6.07 Å². The minimum absolute atomic E-state index is 0.00560. The predicted molar refractivity (Wildman–Crippen MR) is 113 cm³/mol. The van der Waals surface area contributed by atoms with Gasteiger partial charge in [0.2, 0.25) is 15.9 Å². The van der Waals surface area contributed by atoms with Crippen molar-refractivity contribution in [3.63, 3.8) is 0 Å². The maximum atomic E-state index is 12.8. The number of hydrogen-bond acceptors (Lipinski definition) is 5. The fraction of sp³-hybridized carbons (Fsp3) is 0.333. The summed E-state index contributed by atoms with van der Waals surface area (Å²) in [6, 6.07) is 15.9. The predicted octanol–water partition coefficient (Wildman–Crippen LogP) is 0.669. The highest BCUT2D eigenvalue weighted by molar-refractivity contribution is 7.89. The first kappa shape index (κ1) is 21.9. The number of nitrogens with zero attached hydrogens (tertiary/aromatic N) is 2. The number of carbonyl (C=O) groups excluding carboxylic acids is 2. The van der Waals surface area contributed by atoms with Gasteiger partial charge in [-0.2, -0.15) is 4.31 Å². The highest BCUT2D eigenvalue weighted by atomic mass is 32.2. The average Bonchev–Trinajstić information content (AvgIpc) is 2.74. The van der Waals surface area contributed by atoms with E-state index in [9.17, 15) is 18.0 Å². The number of nitrogens with one attached hydrogen (secondary N) is 2. The average molecular weight is 431 g/mol. The first-order valence-electron chi connectivity index (χ1n) is 9.74. The van der Waals surface area contributed by atoms with Crippen molar-refractivity contribution in [2.75, 3.05) is 39.8 Å². The van der Waals surface area contributed by atoms with Crippen LogP contribution in [0, 0.1) is 0 Å². The Balaban J connectivity index is 1.57. The number of rotatable bonds is 8. The van der Waals surface area contributed by atoms with Gasteiger partial charge in [0.05, 0.1) is 11.4 Å². The van der Waals surface area contributed by atoms with Crippen molar-refractivity contribution >= 4 is 21.8 Å². The van der Waals surface area contributed by atoms with Gasteiger partial charge in [0.1, 0.15) is 0 Å². The summed E-state index contributed by atoms with van der Waals surface area (Å²) in [5.74, 6) is -0.671. The molecule has 0 aromatic heterocycles. The van der Waals surface area contributed by atoms with Gasteiger partial charge in [0.15, 0.2) is 0 Å². The topological polar surface area (TPSA) is 98.8 Å². The lowest BCUT2D eigenvalue weighted by Gasteiger charge is -2.26. The second-order valence-corrected chi connectivity index (χ2v) is 9.13. The fourth-order valence-corrected chi connectivity index (χ4v) is 4.65. The number of likely N-dealkylation sites (N-methyl/N-ethyl adjacent to an activating group) is 1. The van der Waals surface area contributed by atoms with Crippen LogP contribution in [-0.2, 0) is 21.4 Å². The number of carbonyl (C=O) groups is 2. The van der Waals surface area contributed by atoms with Crippen LogP contribution in [0.2, 0.25) is 0 Å². The molecular weight excluding hydrogens is 404 g/mol. The molecule has 0 bridgehead atoms. The van der Waals surface area contributed by atoms with E-state index < -0.39 is 10.0 Å². The smallest absolute Gasteiger partial charge is 0.251 e. The quantitative estimate of drug-likeness (QED) is 0.641. The molecule has 1 aliphatic heterocycles. The van der Waals surface area contributed by atoms with Crippen molar-refractivity contribution in [1.82, 2.24) is 19.8 Å². The van der Waals surface area contributed by atoms with E-state index in [1.807, 2.05) is 37.4 Å². The Hall–Kier alpha value is -2.75. The minimum atomic E-state index is -3.84. The molecule has 30 heavy (non-hydrogen) atoms. The third-order valence-electron chi connectivity index (χ3n) is 4.81. The van der Waals surface area contributed by atoms with Gasteiger partial charge < -0.3 is 15.5 Å². The van der Waals surface area contributed by atoms with Crippen LogP contribution in [0.5, 0.6) is 0 Å². The van der Waals surface area contributed by atoms with Gasteiger partial charge in [-0.25, -0.2) is 8.42 Å². The summed E-state index contributed by atoms with van der Waals surface area (Å²) in [5.41, 5.74) is 1.46. The third kappa shape index (κ3) is 5.65. The molecule has 0 atom stereocenters. The van der Waals surface area contributed by atoms with Gasteiger partial charge in [0.25, 0.3) is 5.91 Å². The Kier molecular flexibility index (Phi) is 7.20. The molecule has 1 heterocycles. The Morgan fingerprint density at radius 2 is 1.93 bits per heavy atom. The van der Waals surface area contributed by atoms with Crippen molar-refractivity contribution in [3.8, 4) is 0 Å². The lowest BCUT2D eigenvalue weighted by atomic mass is 10.2. The summed E-state index contributed by atoms with van der Waals surface area (Å²) >= 11 is 0. The Labute approximate surface area is 176 Å². The Morgan fingerprint density at radius 1 is 1.17 bits per heavy atom. The molecular formula is C21H26N4O4S. The molecule has 0 radical (unpaired) electrons. The molecule has 2 aromatic rings. The van der Waals surface area contributed by atoms with Crippen LogP contribution in [-0.4, -0.2) is 69.2 Å². The molecule has 0 unspecified atom stereocenters. The molecule has 0 aliphatic carbocycles. The Morgan fingerprint density at radius 3 is 2.67 bits per heavy atom. The lowest BCUT2D eigenvalue weighted by Crippen LogP contribution is -2.49. The second-order valence-electron chi connectivity index (χ2n) is 7.20. The van der Waals surface area contributed by atoms with E-state index in [2.05, 4.69) is 15.5 Å². The zero-order chi connectivity index (χ0) is 21.6. The van der Waals surface area contributed by atoms with Crippen molar-refractivity contribution in [3.05, 3.63) is 65.7 Å². The molecule has 2 N–H and O–H groups in total. The monoisotopic (exact) mass is 430 g/mol. The SMILES string of the molecule is CN(CCNC(=O)c1cccc(S(=O)(=O)N2CCNC(=O)C2)c1)Cc1ccccc1. The van der Waals surface area contributed by atoms with Crippen molar-refractivity contribution in [2.45, 2.75) is 11.4 Å². The number of piperazine rings is 1. The molecule has 8 nitrogen and oxygen atoms in total. The fourth-order valence-electron chi connectivity index (χ4n) is 3.20. The van der Waals surface area contributed by atoms with Crippen LogP contribution in [0.25, 0.3) is 0 Å². The van der Waals surface area contributed by atoms with Crippen molar-refractivity contribution in [2.24, 2.45) is 0 Å². The van der Waals surface area contributed by atoms with Crippen LogP contribution in [0.1, 0.15) is 15.9 Å². The van der Waals surface area contributed by atoms with Gasteiger partial charge >= 0.3 is 0 Å². The summed E-state index contributed by atoms with van der Waals surface area (Å²) in [5, 5.41) is 5.43. The summed E-state index contributed by atoms with van der Waals surface area (Å²) in [7, 11) is -1.86. The van der Waals surface area contributed by atoms with E-state index in [-0.39, 0.29) is 41.9 Å². The summed E-state index contributed by atoms with van der Waals surface area (Å²) in [6.45, 7) is 2.13. The standard InChI is InChI=1S/C21H26N4O4S/c1-24(15-17-6-3-2-4-7-17)12-10-23-21(27)18-8-5-9-19(14-18)30(28,29)25-13-11-22-20(26)16-25/h2-9,14H,10-13,15-16H2,1H3,(H,22,26)(H,23,27). The van der Waals surface area contributed by atoms with E-state index in [0.717, 1.165) is 10.8 Å². The highest BCUT2D eigenvalue weighted by Gasteiger charge is 2.29. The zero-order valence-corrected chi connectivity index (χ0v) is 17.7. The van der Waals surface area contributed by atoms with Gasteiger partial charge in [-0.3, -0.25) is 9.59 Å². The van der Waals surface area contributed by atoms with Crippen LogP contribution in [0.4, 0.5) is 0 Å². The van der Waals surface area contributed by atoms with Crippen molar-refractivity contribution < 1.29 is 18.0 Å². The first-order chi connectivity index (χ1) is 14.4. The molecule has 0 spiro atoms. The molecule has 1 saturated heterocycles.